The largest absolute Gasteiger partial charge is 0.499 e. The summed E-state index contributed by atoms with van der Waals surface area (Å²) in [7, 11) is 0. The highest BCUT2D eigenvalue weighted by Crippen LogP contribution is 2.36. The first-order chi connectivity index (χ1) is 6.45. The molecule has 0 saturated carbocycles. The lowest BCUT2D eigenvalue weighted by Crippen LogP contribution is -1.99. The highest BCUT2D eigenvalue weighted by molar-refractivity contribution is 5.50. The van der Waals surface area contributed by atoms with Crippen LogP contribution in [-0.2, 0) is 0 Å². The van der Waals surface area contributed by atoms with Crippen LogP contribution in [0, 0.1) is 16.1 Å². The zero-order chi connectivity index (χ0) is 10.9. The Bertz CT molecular complexity index is 383. The van der Waals surface area contributed by atoms with Crippen molar-refractivity contribution in [2.75, 3.05) is 0 Å². The molecule has 0 aliphatic heterocycles. The zero-order valence-electron chi connectivity index (χ0n) is 6.45. The average molecular weight is 208 g/mol. The van der Waals surface area contributed by atoms with Gasteiger partial charge in [-0.3, -0.25) is 10.1 Å². The van der Waals surface area contributed by atoms with Crippen molar-refractivity contribution >= 4 is 5.69 Å². The second-order valence-corrected chi connectivity index (χ2v) is 2.26. The molecular formula is C6H3F3N2O3. The van der Waals surface area contributed by atoms with Crippen molar-refractivity contribution in [1.29, 1.82) is 0 Å². The molecule has 8 heteroatoms. The van der Waals surface area contributed by atoms with Gasteiger partial charge in [0.25, 0.3) is 18.1 Å². The number of pyridine rings is 1. The van der Waals surface area contributed by atoms with E-state index in [2.05, 4.69) is 4.98 Å². The molecule has 0 atom stereocenters. The molecule has 0 spiro atoms. The van der Waals surface area contributed by atoms with Gasteiger partial charge in [0.2, 0.25) is 0 Å². The lowest BCUT2D eigenvalue weighted by molar-refractivity contribution is -0.387. The fourth-order valence-corrected chi connectivity index (χ4v) is 0.834. The van der Waals surface area contributed by atoms with E-state index >= 15 is 0 Å². The van der Waals surface area contributed by atoms with E-state index in [-0.39, 0.29) is 0 Å². The van der Waals surface area contributed by atoms with Gasteiger partial charge in [0, 0.05) is 6.20 Å². The lowest BCUT2D eigenvalue weighted by atomic mass is 10.2. The first-order valence-corrected chi connectivity index (χ1v) is 3.25. The Morgan fingerprint density at radius 3 is 2.57 bits per heavy atom. The fourth-order valence-electron chi connectivity index (χ4n) is 0.834. The van der Waals surface area contributed by atoms with E-state index < -0.39 is 34.3 Å². The van der Waals surface area contributed by atoms with Gasteiger partial charge in [-0.15, -0.1) is 0 Å². The molecule has 0 aromatic carbocycles. The Kier molecular flexibility index (Phi) is 2.54. The molecule has 0 amide bonds. The third-order valence-electron chi connectivity index (χ3n) is 1.43. The van der Waals surface area contributed by atoms with Crippen molar-refractivity contribution in [1.82, 2.24) is 4.98 Å². The molecule has 0 bridgehead atoms. The molecule has 14 heavy (non-hydrogen) atoms. The van der Waals surface area contributed by atoms with E-state index in [1.165, 1.54) is 0 Å². The monoisotopic (exact) mass is 208 g/mol. The van der Waals surface area contributed by atoms with Crippen LogP contribution in [0.25, 0.3) is 0 Å². The number of hydrogen-bond acceptors (Lipinski definition) is 4. The van der Waals surface area contributed by atoms with Gasteiger partial charge in [0.1, 0.15) is 5.56 Å². The highest BCUT2D eigenvalue weighted by atomic mass is 19.3. The predicted molar refractivity (Wildman–Crippen MR) is 37.5 cm³/mol. The number of rotatable bonds is 2. The maximum absolute atomic E-state index is 12.5. The van der Waals surface area contributed by atoms with E-state index in [1.807, 2.05) is 0 Å². The van der Waals surface area contributed by atoms with Crippen LogP contribution in [0.1, 0.15) is 12.0 Å². The fraction of sp³-hybridized carbons (Fsp3) is 0.167. The third-order valence-corrected chi connectivity index (χ3v) is 1.43. The van der Waals surface area contributed by atoms with Gasteiger partial charge in [0.15, 0.2) is 0 Å². The van der Waals surface area contributed by atoms with E-state index in [1.54, 1.807) is 0 Å². The summed E-state index contributed by atoms with van der Waals surface area (Å²) in [6.45, 7) is 0. The van der Waals surface area contributed by atoms with Crippen LogP contribution >= 0.6 is 0 Å². The van der Waals surface area contributed by atoms with Crippen LogP contribution in [0.4, 0.5) is 18.9 Å². The first kappa shape index (κ1) is 10.2. The Morgan fingerprint density at radius 2 is 2.14 bits per heavy atom. The van der Waals surface area contributed by atoms with Crippen molar-refractivity contribution in [2.45, 2.75) is 6.43 Å². The van der Waals surface area contributed by atoms with Crippen LogP contribution < -0.4 is 0 Å². The van der Waals surface area contributed by atoms with Crippen LogP contribution in [0.5, 0.6) is 5.75 Å². The first-order valence-electron chi connectivity index (χ1n) is 3.25. The third kappa shape index (κ3) is 1.58. The van der Waals surface area contributed by atoms with Gasteiger partial charge in [-0.2, -0.15) is 4.39 Å². The molecule has 0 fully saturated rings. The molecular weight excluding hydrogens is 205 g/mol. The number of halogens is 3. The summed E-state index contributed by atoms with van der Waals surface area (Å²) >= 11 is 0. The summed E-state index contributed by atoms with van der Waals surface area (Å²) in [4.78, 5) is 11.7. The molecule has 1 heterocycles. The normalized spacial score (nSPS) is 10.6. The van der Waals surface area contributed by atoms with Crippen LogP contribution in [0.2, 0.25) is 0 Å². The molecule has 0 unspecified atom stereocenters. The minimum atomic E-state index is -3.20. The van der Waals surface area contributed by atoms with Gasteiger partial charge in [-0.05, 0) is 0 Å². The summed E-state index contributed by atoms with van der Waals surface area (Å²) in [6, 6.07) is 0. The van der Waals surface area contributed by atoms with E-state index in [4.69, 9.17) is 5.11 Å². The quantitative estimate of drug-likeness (QED) is 0.456. The number of nitrogens with zero attached hydrogens (tertiary/aromatic N) is 2. The number of aromatic nitrogens is 1. The van der Waals surface area contributed by atoms with E-state index in [0.29, 0.717) is 6.20 Å². The summed E-state index contributed by atoms with van der Waals surface area (Å²) < 4.78 is 36.7. The molecule has 0 aliphatic carbocycles. The Hall–Kier alpha value is -1.86. The molecule has 5 nitrogen and oxygen atoms in total. The van der Waals surface area contributed by atoms with Gasteiger partial charge >= 0.3 is 5.69 Å². The van der Waals surface area contributed by atoms with Gasteiger partial charge in [-0.25, -0.2) is 13.8 Å². The smallest absolute Gasteiger partial charge is 0.326 e. The van der Waals surface area contributed by atoms with E-state index in [0.717, 1.165) is 0 Å². The second-order valence-electron chi connectivity index (χ2n) is 2.26. The predicted octanol–water partition coefficient (Wildman–Crippen LogP) is 1.77. The summed E-state index contributed by atoms with van der Waals surface area (Å²) in [5.74, 6) is -3.03. The number of aromatic hydroxyl groups is 1. The maximum Gasteiger partial charge on any atom is 0.326 e. The van der Waals surface area contributed by atoms with Gasteiger partial charge < -0.3 is 5.11 Å². The molecule has 1 aromatic rings. The molecule has 0 saturated heterocycles. The zero-order valence-corrected chi connectivity index (χ0v) is 6.45. The minimum Gasteiger partial charge on any atom is -0.499 e. The SMILES string of the molecule is O=[N+]([O-])c1c(C(F)F)cnc(F)c1O. The van der Waals surface area contributed by atoms with Crippen LogP contribution in [-0.4, -0.2) is 15.0 Å². The summed E-state index contributed by atoms with van der Waals surface area (Å²) in [5.41, 5.74) is -2.47. The molecule has 0 aliphatic rings. The minimum absolute atomic E-state index is 0.317. The van der Waals surface area contributed by atoms with Crippen molar-refractivity contribution in [3.05, 3.63) is 27.8 Å². The standard InChI is InChI=1S/C6H3F3N2O3/c7-5(8)2-1-10-6(9)4(12)3(2)11(13)14/h1,5,12H. The van der Waals surface area contributed by atoms with E-state index in [9.17, 15) is 23.3 Å². The topological polar surface area (TPSA) is 76.3 Å². The Balaban J connectivity index is 3.45. The Morgan fingerprint density at radius 1 is 1.57 bits per heavy atom. The second kappa shape index (κ2) is 3.48. The average Bonchev–Trinajstić information content (AvgIpc) is 2.08. The number of alkyl halides is 2. The molecule has 76 valence electrons. The highest BCUT2D eigenvalue weighted by Gasteiger charge is 2.29. The van der Waals surface area contributed by atoms with Crippen molar-refractivity contribution in [3.8, 4) is 5.75 Å². The van der Waals surface area contributed by atoms with Gasteiger partial charge in [-0.1, -0.05) is 0 Å². The van der Waals surface area contributed by atoms with Crippen molar-refractivity contribution in [2.24, 2.45) is 0 Å². The van der Waals surface area contributed by atoms with Crippen LogP contribution in [0.15, 0.2) is 6.20 Å². The summed E-state index contributed by atoms with van der Waals surface area (Å²) in [6.07, 6.45) is -2.88. The van der Waals surface area contributed by atoms with Crippen molar-refractivity contribution < 1.29 is 23.2 Å². The van der Waals surface area contributed by atoms with Gasteiger partial charge in [0.05, 0.1) is 4.92 Å². The number of nitro groups is 1. The molecule has 1 rings (SSSR count). The molecule has 1 aromatic heterocycles. The molecule has 0 radical (unpaired) electrons. The number of hydrogen-bond donors (Lipinski definition) is 1. The lowest BCUT2D eigenvalue weighted by Gasteiger charge is -2.02. The van der Waals surface area contributed by atoms with Crippen LogP contribution in [0.3, 0.4) is 0 Å². The molecule has 1 N–H and O–H groups in total. The maximum atomic E-state index is 12.5. The Labute approximate surface area is 75.0 Å². The summed E-state index contributed by atoms with van der Waals surface area (Å²) in [5, 5.41) is 19.0. The van der Waals surface area contributed by atoms with Crippen molar-refractivity contribution in [3.63, 3.8) is 0 Å².